The Balaban J connectivity index is 1.28. The van der Waals surface area contributed by atoms with E-state index in [1.54, 1.807) is 43.5 Å². The number of aromatic carboxylic acids is 2. The average Bonchev–Trinajstić information content (AvgIpc) is 3.43. The van der Waals surface area contributed by atoms with Crippen LogP contribution in [-0.2, 0) is 6.61 Å². The van der Waals surface area contributed by atoms with Gasteiger partial charge in [-0.2, -0.15) is 0 Å². The quantitative estimate of drug-likeness (QED) is 0.184. The number of carboxylic acids is 2. The number of aromatic nitrogens is 2. The summed E-state index contributed by atoms with van der Waals surface area (Å²) in [5.41, 5.74) is 5.74. The third-order valence-electron chi connectivity index (χ3n) is 8.14. The highest BCUT2D eigenvalue weighted by atomic mass is 16.5. The molecule has 2 N–H and O–H groups in total. The van der Waals surface area contributed by atoms with Crippen LogP contribution in [0.25, 0.3) is 33.5 Å². The smallest absolute Gasteiger partial charge is 0.335 e. The van der Waals surface area contributed by atoms with Crippen LogP contribution in [0.4, 0.5) is 0 Å². The number of nitrogens with zero attached hydrogens (tertiary/aromatic N) is 2. The van der Waals surface area contributed by atoms with E-state index < -0.39 is 11.9 Å². The molecule has 43 heavy (non-hydrogen) atoms. The zero-order valence-corrected chi connectivity index (χ0v) is 23.8. The molecule has 1 fully saturated rings. The molecule has 0 atom stereocenters. The first-order valence-electron chi connectivity index (χ1n) is 14.4. The molecule has 1 saturated carbocycles. The number of benzene rings is 4. The van der Waals surface area contributed by atoms with E-state index in [4.69, 9.17) is 14.5 Å². The van der Waals surface area contributed by atoms with Crippen molar-refractivity contribution in [2.24, 2.45) is 0 Å². The van der Waals surface area contributed by atoms with Gasteiger partial charge in [-0.15, -0.1) is 0 Å². The molecule has 0 saturated heterocycles. The third kappa shape index (κ3) is 5.81. The number of hydrogen-bond acceptors (Lipinski definition) is 5. The minimum Gasteiger partial charge on any atom is -0.497 e. The predicted molar refractivity (Wildman–Crippen MR) is 164 cm³/mol. The predicted octanol–water partition coefficient (Wildman–Crippen LogP) is 7.86. The Morgan fingerprint density at radius 3 is 2.12 bits per heavy atom. The lowest BCUT2D eigenvalue weighted by Crippen LogP contribution is -2.14. The van der Waals surface area contributed by atoms with Crippen molar-refractivity contribution < 1.29 is 29.3 Å². The first-order valence-corrected chi connectivity index (χ1v) is 14.4. The molecule has 1 aliphatic rings. The first kappa shape index (κ1) is 28.0. The van der Waals surface area contributed by atoms with E-state index in [9.17, 15) is 19.8 Å². The van der Waals surface area contributed by atoms with Gasteiger partial charge in [0, 0.05) is 17.2 Å². The van der Waals surface area contributed by atoms with Gasteiger partial charge in [0.2, 0.25) is 0 Å². The van der Waals surface area contributed by atoms with E-state index in [0.717, 1.165) is 46.4 Å². The van der Waals surface area contributed by atoms with Crippen LogP contribution in [-0.4, -0.2) is 38.8 Å². The summed E-state index contributed by atoms with van der Waals surface area (Å²) >= 11 is 0. The van der Waals surface area contributed by atoms with Gasteiger partial charge >= 0.3 is 11.9 Å². The highest BCUT2D eigenvalue weighted by Crippen LogP contribution is 2.37. The number of hydrogen-bond donors (Lipinski definition) is 2. The van der Waals surface area contributed by atoms with Crippen molar-refractivity contribution in [3.63, 3.8) is 0 Å². The Hall–Kier alpha value is -5.11. The Morgan fingerprint density at radius 2 is 1.44 bits per heavy atom. The number of ether oxygens (including phenoxy) is 2. The van der Waals surface area contributed by atoms with Crippen LogP contribution in [0.1, 0.15) is 64.4 Å². The zero-order chi connectivity index (χ0) is 29.9. The third-order valence-corrected chi connectivity index (χ3v) is 8.14. The summed E-state index contributed by atoms with van der Waals surface area (Å²) in [6.07, 6.45) is 5.71. The van der Waals surface area contributed by atoms with Gasteiger partial charge in [0.1, 0.15) is 23.9 Å². The molecular formula is C35H32N2O6. The molecule has 8 nitrogen and oxygen atoms in total. The molecule has 1 heterocycles. The molecule has 0 bridgehead atoms. The Bertz CT molecular complexity index is 1780. The van der Waals surface area contributed by atoms with Crippen molar-refractivity contribution in [2.75, 3.05) is 7.11 Å². The van der Waals surface area contributed by atoms with Crippen molar-refractivity contribution in [3.8, 4) is 34.0 Å². The van der Waals surface area contributed by atoms with Crippen LogP contribution in [0.3, 0.4) is 0 Å². The largest absolute Gasteiger partial charge is 0.497 e. The number of fused-ring (bicyclic) bond motifs is 1. The van der Waals surface area contributed by atoms with Gasteiger partial charge < -0.3 is 24.3 Å². The maximum Gasteiger partial charge on any atom is 0.335 e. The Morgan fingerprint density at radius 1 is 0.791 bits per heavy atom. The summed E-state index contributed by atoms with van der Waals surface area (Å²) in [5, 5.41) is 18.8. The first-order chi connectivity index (χ1) is 20.9. The van der Waals surface area contributed by atoms with Gasteiger partial charge in [0.05, 0.1) is 29.3 Å². The molecule has 8 heteroatoms. The summed E-state index contributed by atoms with van der Waals surface area (Å²) in [5.74, 6) is 0.289. The van der Waals surface area contributed by atoms with Crippen molar-refractivity contribution in [1.82, 2.24) is 9.55 Å². The van der Waals surface area contributed by atoms with E-state index in [2.05, 4.69) is 4.57 Å². The number of carbonyl (C=O) groups is 2. The topological polar surface area (TPSA) is 111 Å². The Kier molecular flexibility index (Phi) is 7.83. The Labute approximate surface area is 249 Å². The molecule has 1 aliphatic carbocycles. The molecule has 6 rings (SSSR count). The van der Waals surface area contributed by atoms with E-state index in [-0.39, 0.29) is 17.7 Å². The lowest BCUT2D eigenvalue weighted by molar-refractivity contribution is 0.0686. The van der Waals surface area contributed by atoms with Crippen LogP contribution in [0, 0.1) is 0 Å². The van der Waals surface area contributed by atoms with Gasteiger partial charge in [0.25, 0.3) is 0 Å². The molecule has 5 aromatic rings. The summed E-state index contributed by atoms with van der Waals surface area (Å²) in [7, 11) is 1.61. The van der Waals surface area contributed by atoms with Crippen molar-refractivity contribution in [2.45, 2.75) is 44.8 Å². The number of imidazole rings is 1. The van der Waals surface area contributed by atoms with Crippen LogP contribution in [0.2, 0.25) is 0 Å². The van der Waals surface area contributed by atoms with E-state index in [1.165, 1.54) is 19.3 Å². The van der Waals surface area contributed by atoms with E-state index in [1.807, 2.05) is 48.5 Å². The van der Waals surface area contributed by atoms with Gasteiger partial charge in [-0.1, -0.05) is 37.5 Å². The summed E-state index contributed by atoms with van der Waals surface area (Å²) in [6, 6.07) is 25.8. The molecule has 0 aliphatic heterocycles. The fraction of sp³-hybridized carbons (Fsp3) is 0.229. The van der Waals surface area contributed by atoms with Crippen molar-refractivity contribution >= 4 is 23.0 Å². The maximum absolute atomic E-state index is 11.6. The number of methoxy groups -OCH3 is 1. The molecule has 1 aromatic heterocycles. The van der Waals surface area contributed by atoms with Crippen LogP contribution in [0.5, 0.6) is 11.5 Å². The molecule has 4 aromatic carbocycles. The van der Waals surface area contributed by atoms with Crippen LogP contribution < -0.4 is 9.47 Å². The second-order valence-corrected chi connectivity index (χ2v) is 10.8. The van der Waals surface area contributed by atoms with E-state index >= 15 is 0 Å². The van der Waals surface area contributed by atoms with Gasteiger partial charge in [-0.3, -0.25) is 0 Å². The van der Waals surface area contributed by atoms with Crippen LogP contribution >= 0.6 is 0 Å². The average molecular weight is 577 g/mol. The molecule has 218 valence electrons. The highest BCUT2D eigenvalue weighted by Gasteiger charge is 2.23. The normalized spacial score (nSPS) is 13.6. The standard InChI is InChI=1S/C35H32N2O6/c1-42-29-16-17-30(22-7-9-24(10-8-22)34(38)39)26(19-29)21-43-28-14-11-23(12-15-28)33-36-31-20-25(35(40)41)13-18-32(31)37(33)27-5-3-2-4-6-27/h7-20,27H,2-6,21H2,1H3,(H,38,39)(H,40,41). The summed E-state index contributed by atoms with van der Waals surface area (Å²) in [4.78, 5) is 27.8. The maximum atomic E-state index is 11.6. The molecule has 0 amide bonds. The molecule has 0 spiro atoms. The van der Waals surface area contributed by atoms with Gasteiger partial charge in [-0.05, 0) is 90.7 Å². The van der Waals surface area contributed by atoms with Crippen molar-refractivity contribution in [3.05, 3.63) is 102 Å². The molecular weight excluding hydrogens is 544 g/mol. The van der Waals surface area contributed by atoms with E-state index in [0.29, 0.717) is 23.1 Å². The number of rotatable bonds is 9. The van der Waals surface area contributed by atoms with Crippen LogP contribution in [0.15, 0.2) is 84.9 Å². The second-order valence-electron chi connectivity index (χ2n) is 10.8. The highest BCUT2D eigenvalue weighted by molar-refractivity contribution is 5.93. The van der Waals surface area contributed by atoms with Crippen molar-refractivity contribution in [1.29, 1.82) is 0 Å². The summed E-state index contributed by atoms with van der Waals surface area (Å²) < 4.78 is 13.9. The fourth-order valence-corrected chi connectivity index (χ4v) is 5.90. The second kappa shape index (κ2) is 12.0. The van der Waals surface area contributed by atoms with Gasteiger partial charge in [0.15, 0.2) is 0 Å². The fourth-order valence-electron chi connectivity index (χ4n) is 5.90. The monoisotopic (exact) mass is 576 g/mol. The number of carboxylic acid groups (broad SMARTS) is 2. The lowest BCUT2D eigenvalue weighted by atomic mass is 9.95. The molecule has 0 radical (unpaired) electrons. The SMILES string of the molecule is COc1ccc(-c2ccc(C(=O)O)cc2)c(COc2ccc(-c3nc4cc(C(=O)O)ccc4n3C3CCCCC3)cc2)c1. The summed E-state index contributed by atoms with van der Waals surface area (Å²) in [6.45, 7) is 0.283. The molecule has 0 unspecified atom stereocenters. The lowest BCUT2D eigenvalue weighted by Gasteiger charge is -2.25. The van der Waals surface area contributed by atoms with Gasteiger partial charge in [-0.25, -0.2) is 14.6 Å². The minimum atomic E-state index is -0.965. The zero-order valence-electron chi connectivity index (χ0n) is 23.8. The minimum absolute atomic E-state index is 0.228.